The number of rotatable bonds is 8. The van der Waals surface area contributed by atoms with Crippen molar-refractivity contribution in [2.24, 2.45) is 5.92 Å². The first kappa shape index (κ1) is 27.9. The van der Waals surface area contributed by atoms with E-state index in [4.69, 9.17) is 9.84 Å². The van der Waals surface area contributed by atoms with Crippen LogP contribution in [0.1, 0.15) is 66.9 Å². The fourth-order valence-electron chi connectivity index (χ4n) is 5.38. The molecule has 2 aromatic rings. The molecule has 0 bridgehead atoms. The van der Waals surface area contributed by atoms with Gasteiger partial charge in [0.25, 0.3) is 11.5 Å². The van der Waals surface area contributed by atoms with Gasteiger partial charge >= 0.3 is 17.8 Å². The van der Waals surface area contributed by atoms with Crippen molar-refractivity contribution < 1.29 is 29.3 Å². The highest BCUT2D eigenvalue weighted by Gasteiger charge is 2.31. The standard InChI is InChI=1S/C27H34N4O8/c32-21(33)14-28-23(34)22-24(35)30(26(37)31(25(22)36)20-11-5-2-6-12-20)16-19-10-7-13-29(15-19)27(38)39-17-18-8-3-1-4-9-18/h1,3-4,8-9,19-20,35H,2,5-7,10-17H2,(H,28,34)(H,32,33). The van der Waals surface area contributed by atoms with Crippen LogP contribution in [0.25, 0.3) is 0 Å². The molecule has 39 heavy (non-hydrogen) atoms. The number of carbonyl (C=O) groups excluding carboxylic acids is 2. The Morgan fingerprint density at radius 2 is 1.72 bits per heavy atom. The number of aromatic nitrogens is 2. The lowest BCUT2D eigenvalue weighted by molar-refractivity contribution is -0.135. The number of hydrogen-bond acceptors (Lipinski definition) is 7. The SMILES string of the molecule is O=C(O)CNC(=O)c1c(O)n(CC2CCCN(C(=O)OCc3ccccc3)C2)c(=O)n(C2CCCCC2)c1=O. The van der Waals surface area contributed by atoms with Crippen LogP contribution in [0.4, 0.5) is 4.79 Å². The number of nitrogens with one attached hydrogen (secondary N) is 1. The Morgan fingerprint density at radius 1 is 1.00 bits per heavy atom. The van der Waals surface area contributed by atoms with Crippen LogP contribution in [0.15, 0.2) is 39.9 Å². The summed E-state index contributed by atoms with van der Waals surface area (Å²) in [5.41, 5.74) is -1.45. The normalized spacial score (nSPS) is 17.9. The number of benzene rings is 1. The molecule has 3 N–H and O–H groups in total. The van der Waals surface area contributed by atoms with Crippen molar-refractivity contribution in [3.63, 3.8) is 0 Å². The third-order valence-electron chi connectivity index (χ3n) is 7.34. The lowest BCUT2D eigenvalue weighted by Gasteiger charge is -2.33. The maximum Gasteiger partial charge on any atom is 0.410 e. The lowest BCUT2D eigenvalue weighted by Crippen LogP contribution is -2.48. The van der Waals surface area contributed by atoms with Crippen molar-refractivity contribution >= 4 is 18.0 Å². The summed E-state index contributed by atoms with van der Waals surface area (Å²) in [4.78, 5) is 64.8. The van der Waals surface area contributed by atoms with Crippen LogP contribution in [0, 0.1) is 5.92 Å². The third kappa shape index (κ3) is 6.68. The monoisotopic (exact) mass is 542 g/mol. The first-order valence-corrected chi connectivity index (χ1v) is 13.3. The second kappa shape index (κ2) is 12.6. The first-order chi connectivity index (χ1) is 18.8. The van der Waals surface area contributed by atoms with E-state index in [2.05, 4.69) is 5.32 Å². The van der Waals surface area contributed by atoms with Gasteiger partial charge < -0.3 is 25.2 Å². The molecule has 1 aliphatic heterocycles. The van der Waals surface area contributed by atoms with Crippen molar-refractivity contribution in [1.29, 1.82) is 0 Å². The number of carboxylic acids is 1. The van der Waals surface area contributed by atoms with Gasteiger partial charge in [-0.1, -0.05) is 49.6 Å². The lowest BCUT2D eigenvalue weighted by atomic mass is 9.95. The number of piperidine rings is 1. The molecule has 4 rings (SSSR count). The molecule has 2 heterocycles. The topological polar surface area (TPSA) is 160 Å². The van der Waals surface area contributed by atoms with Gasteiger partial charge in [-0.05, 0) is 37.2 Å². The third-order valence-corrected chi connectivity index (χ3v) is 7.34. The van der Waals surface area contributed by atoms with Crippen molar-refractivity contribution in [2.75, 3.05) is 19.6 Å². The Hall–Kier alpha value is -4.09. The largest absolute Gasteiger partial charge is 0.494 e. The molecule has 12 nitrogen and oxygen atoms in total. The van der Waals surface area contributed by atoms with E-state index in [1.165, 1.54) is 0 Å². The van der Waals surface area contributed by atoms with Crippen molar-refractivity contribution in [3.8, 4) is 5.88 Å². The quantitative estimate of drug-likeness (QED) is 0.457. The van der Waals surface area contributed by atoms with Gasteiger partial charge in [0.05, 0.1) is 0 Å². The average molecular weight is 543 g/mol. The molecule has 2 amide bonds. The summed E-state index contributed by atoms with van der Waals surface area (Å²) in [7, 11) is 0. The molecule has 0 spiro atoms. The minimum absolute atomic E-state index is 0.0284. The molecule has 12 heteroatoms. The van der Waals surface area contributed by atoms with Gasteiger partial charge in [0, 0.05) is 25.7 Å². The van der Waals surface area contributed by atoms with Gasteiger partial charge in [-0.25, -0.2) is 9.59 Å². The highest BCUT2D eigenvalue weighted by Crippen LogP contribution is 2.27. The van der Waals surface area contributed by atoms with Gasteiger partial charge in [-0.2, -0.15) is 0 Å². The minimum Gasteiger partial charge on any atom is -0.494 e. The number of likely N-dealkylation sites (tertiary alicyclic amines) is 1. The molecule has 1 aromatic heterocycles. The molecule has 1 aliphatic carbocycles. The Labute approximate surface area is 224 Å². The first-order valence-electron chi connectivity index (χ1n) is 13.3. The number of carboxylic acid groups (broad SMARTS) is 1. The predicted octanol–water partition coefficient (Wildman–Crippen LogP) is 2.08. The maximum atomic E-state index is 13.5. The number of aromatic hydroxyl groups is 1. The Bertz CT molecular complexity index is 1310. The molecule has 1 atom stereocenters. The van der Waals surface area contributed by atoms with E-state index in [0.29, 0.717) is 32.2 Å². The maximum absolute atomic E-state index is 13.5. The highest BCUT2D eigenvalue weighted by atomic mass is 16.6. The number of nitrogens with zero attached hydrogens (tertiary/aromatic N) is 3. The Morgan fingerprint density at radius 3 is 2.41 bits per heavy atom. The zero-order chi connectivity index (χ0) is 27.9. The molecule has 2 aliphatic rings. The van der Waals surface area contributed by atoms with Gasteiger partial charge in [0.2, 0.25) is 5.88 Å². The summed E-state index contributed by atoms with van der Waals surface area (Å²) in [6.45, 7) is 0.0998. The number of hydrogen-bond donors (Lipinski definition) is 3. The van der Waals surface area contributed by atoms with Gasteiger partial charge in [-0.3, -0.25) is 23.5 Å². The molecule has 1 unspecified atom stereocenters. The van der Waals surface area contributed by atoms with E-state index < -0.39 is 53.2 Å². The van der Waals surface area contributed by atoms with Crippen LogP contribution >= 0.6 is 0 Å². The van der Waals surface area contributed by atoms with Gasteiger partial charge in [0.15, 0.2) is 5.56 Å². The zero-order valence-electron chi connectivity index (χ0n) is 21.7. The van der Waals surface area contributed by atoms with E-state index in [1.807, 2.05) is 30.3 Å². The summed E-state index contributed by atoms with van der Waals surface area (Å²) in [6, 6.07) is 8.86. The van der Waals surface area contributed by atoms with E-state index in [0.717, 1.165) is 34.0 Å². The summed E-state index contributed by atoms with van der Waals surface area (Å²) in [5, 5.41) is 22.0. The molecule has 1 saturated heterocycles. The van der Waals surface area contributed by atoms with E-state index >= 15 is 0 Å². The Kier molecular flexibility index (Phi) is 9.05. The van der Waals surface area contributed by atoms with Crippen LogP contribution in [0.2, 0.25) is 0 Å². The highest BCUT2D eigenvalue weighted by molar-refractivity contribution is 5.97. The summed E-state index contributed by atoms with van der Waals surface area (Å²) >= 11 is 0. The van der Waals surface area contributed by atoms with Crippen molar-refractivity contribution in [1.82, 2.24) is 19.4 Å². The summed E-state index contributed by atoms with van der Waals surface area (Å²) < 4.78 is 7.49. The number of ether oxygens (including phenoxy) is 1. The van der Waals surface area contributed by atoms with E-state index in [9.17, 15) is 29.1 Å². The van der Waals surface area contributed by atoms with Crippen LogP contribution in [0.5, 0.6) is 5.88 Å². The number of aliphatic carboxylic acids is 1. The van der Waals surface area contributed by atoms with Crippen LogP contribution in [-0.4, -0.2) is 61.9 Å². The molecular weight excluding hydrogens is 508 g/mol. The van der Waals surface area contributed by atoms with Crippen molar-refractivity contribution in [2.45, 2.75) is 64.1 Å². The predicted molar refractivity (Wildman–Crippen MR) is 140 cm³/mol. The zero-order valence-corrected chi connectivity index (χ0v) is 21.7. The van der Waals surface area contributed by atoms with Crippen LogP contribution in [0.3, 0.4) is 0 Å². The fraction of sp³-hybridized carbons (Fsp3) is 0.519. The summed E-state index contributed by atoms with van der Waals surface area (Å²) in [6.07, 6.45) is 4.59. The molecule has 210 valence electrons. The summed E-state index contributed by atoms with van der Waals surface area (Å²) in [5.74, 6) is -3.43. The second-order valence-electron chi connectivity index (χ2n) is 10.1. The van der Waals surface area contributed by atoms with Gasteiger partial charge in [0.1, 0.15) is 13.2 Å². The molecule has 0 radical (unpaired) electrons. The smallest absolute Gasteiger partial charge is 0.410 e. The molecular formula is C27H34N4O8. The second-order valence-corrected chi connectivity index (χ2v) is 10.1. The average Bonchev–Trinajstić information content (AvgIpc) is 2.94. The van der Waals surface area contributed by atoms with Crippen LogP contribution < -0.4 is 16.6 Å². The van der Waals surface area contributed by atoms with Crippen molar-refractivity contribution in [3.05, 3.63) is 62.3 Å². The number of amides is 2. The Balaban J connectivity index is 1.58. The molecule has 2 fully saturated rings. The van der Waals surface area contributed by atoms with Crippen LogP contribution in [-0.2, 0) is 22.7 Å². The van der Waals surface area contributed by atoms with E-state index in [1.54, 1.807) is 4.90 Å². The molecule has 1 saturated carbocycles. The molecule has 1 aromatic carbocycles. The number of carbonyl (C=O) groups is 3. The van der Waals surface area contributed by atoms with E-state index in [-0.39, 0.29) is 25.6 Å². The van der Waals surface area contributed by atoms with Gasteiger partial charge in [-0.15, -0.1) is 0 Å². The fourth-order valence-corrected chi connectivity index (χ4v) is 5.38. The minimum atomic E-state index is -1.31.